The van der Waals surface area contributed by atoms with Crippen molar-refractivity contribution in [3.05, 3.63) is 39.5 Å². The van der Waals surface area contributed by atoms with E-state index in [0.717, 1.165) is 0 Å². The van der Waals surface area contributed by atoms with E-state index in [1.807, 2.05) is 0 Å². The fourth-order valence-corrected chi connectivity index (χ4v) is 1.85. The van der Waals surface area contributed by atoms with E-state index in [2.05, 4.69) is 20.2 Å². The lowest BCUT2D eigenvalue weighted by atomic mass is 10.3. The van der Waals surface area contributed by atoms with Crippen LogP contribution in [0.2, 0.25) is 5.02 Å². The Morgan fingerprint density at radius 2 is 2.19 bits per heavy atom. The van der Waals surface area contributed by atoms with Crippen LogP contribution in [0.5, 0.6) is 11.6 Å². The highest BCUT2D eigenvalue weighted by atomic mass is 35.5. The van der Waals surface area contributed by atoms with Crippen molar-refractivity contribution in [1.82, 2.24) is 20.2 Å². The summed E-state index contributed by atoms with van der Waals surface area (Å²) in [6, 6.07) is 3.84. The van der Waals surface area contributed by atoms with Gasteiger partial charge in [-0.25, -0.2) is 0 Å². The van der Waals surface area contributed by atoms with E-state index in [-0.39, 0.29) is 28.3 Å². The molecule has 0 aliphatic heterocycles. The molecule has 2 heterocycles. The topological polar surface area (TPSA) is 133 Å². The third-order valence-electron chi connectivity index (χ3n) is 2.62. The van der Waals surface area contributed by atoms with Crippen molar-refractivity contribution in [3.63, 3.8) is 0 Å². The van der Waals surface area contributed by atoms with Crippen molar-refractivity contribution in [2.24, 2.45) is 0 Å². The Kier molecular flexibility index (Phi) is 3.03. The van der Waals surface area contributed by atoms with Crippen LogP contribution < -0.4 is 10.5 Å². The average molecular weight is 307 g/mol. The Hall–Kier alpha value is -2.94. The molecule has 10 heteroatoms. The van der Waals surface area contributed by atoms with Crippen LogP contribution >= 0.6 is 11.6 Å². The molecule has 106 valence electrons. The smallest absolute Gasteiger partial charge is 0.273 e. The van der Waals surface area contributed by atoms with Crippen molar-refractivity contribution < 1.29 is 9.66 Å². The van der Waals surface area contributed by atoms with Crippen molar-refractivity contribution in [1.29, 1.82) is 0 Å². The zero-order valence-corrected chi connectivity index (χ0v) is 11.0. The van der Waals surface area contributed by atoms with Crippen LogP contribution in [0.25, 0.3) is 11.0 Å². The standard InChI is InChI=1S/C11H7ClN6O3/c12-7-2-1-5(18(19)20)3-8(7)21-10-6-4-14-17-9(6)15-11(13)16-10/h1-4H,(H3,13,14,15,16,17). The SMILES string of the molecule is Nc1nc(Oc2cc([N+](=O)[O-])ccc2Cl)c2cn[nH]c2n1. The van der Waals surface area contributed by atoms with Crippen LogP contribution in [-0.2, 0) is 0 Å². The second kappa shape index (κ2) is 4.87. The number of hydrogen-bond acceptors (Lipinski definition) is 7. The number of nitrogen functional groups attached to an aromatic ring is 1. The number of aromatic amines is 1. The van der Waals surface area contributed by atoms with Crippen molar-refractivity contribution in [3.8, 4) is 11.6 Å². The van der Waals surface area contributed by atoms with Gasteiger partial charge in [0.2, 0.25) is 11.8 Å². The lowest BCUT2D eigenvalue weighted by Crippen LogP contribution is -1.98. The lowest BCUT2D eigenvalue weighted by Gasteiger charge is -2.07. The van der Waals surface area contributed by atoms with E-state index >= 15 is 0 Å². The first-order valence-electron chi connectivity index (χ1n) is 5.63. The quantitative estimate of drug-likeness (QED) is 0.560. The van der Waals surface area contributed by atoms with E-state index < -0.39 is 4.92 Å². The van der Waals surface area contributed by atoms with Gasteiger partial charge in [0, 0.05) is 6.07 Å². The normalized spacial score (nSPS) is 10.7. The number of fused-ring (bicyclic) bond motifs is 1. The number of nitro benzene ring substituents is 1. The molecule has 0 unspecified atom stereocenters. The van der Waals surface area contributed by atoms with Gasteiger partial charge in [0.05, 0.1) is 22.2 Å². The molecule has 0 aliphatic rings. The number of rotatable bonds is 3. The van der Waals surface area contributed by atoms with Crippen LogP contribution in [0.15, 0.2) is 24.4 Å². The summed E-state index contributed by atoms with van der Waals surface area (Å²) in [6.45, 7) is 0. The molecule has 0 radical (unpaired) electrons. The molecule has 21 heavy (non-hydrogen) atoms. The summed E-state index contributed by atoms with van der Waals surface area (Å²) >= 11 is 5.97. The molecule has 3 N–H and O–H groups in total. The molecule has 0 fully saturated rings. The highest BCUT2D eigenvalue weighted by molar-refractivity contribution is 6.32. The Morgan fingerprint density at radius 1 is 1.38 bits per heavy atom. The molecule has 3 rings (SSSR count). The summed E-state index contributed by atoms with van der Waals surface area (Å²) in [5.41, 5.74) is 5.80. The van der Waals surface area contributed by atoms with Gasteiger partial charge in [-0.05, 0) is 6.07 Å². The van der Waals surface area contributed by atoms with Crippen LogP contribution in [0.4, 0.5) is 11.6 Å². The molecular weight excluding hydrogens is 300 g/mol. The molecule has 0 spiro atoms. The molecule has 9 nitrogen and oxygen atoms in total. The minimum Gasteiger partial charge on any atom is -0.436 e. The molecule has 1 aromatic carbocycles. The largest absolute Gasteiger partial charge is 0.436 e. The first kappa shape index (κ1) is 13.1. The number of ether oxygens (including phenoxy) is 1. The van der Waals surface area contributed by atoms with Gasteiger partial charge in [-0.2, -0.15) is 15.1 Å². The summed E-state index contributed by atoms with van der Waals surface area (Å²) in [4.78, 5) is 18.1. The maximum absolute atomic E-state index is 10.8. The molecule has 2 aromatic heterocycles. The summed E-state index contributed by atoms with van der Waals surface area (Å²) in [6.07, 6.45) is 1.45. The van der Waals surface area contributed by atoms with Crippen LogP contribution in [0.1, 0.15) is 0 Å². The number of nitro groups is 1. The van der Waals surface area contributed by atoms with Gasteiger partial charge in [0.15, 0.2) is 11.4 Å². The molecule has 0 saturated carbocycles. The Bertz CT molecular complexity index is 849. The Morgan fingerprint density at radius 3 is 2.95 bits per heavy atom. The van der Waals surface area contributed by atoms with Crippen LogP contribution in [-0.4, -0.2) is 25.1 Å². The summed E-state index contributed by atoms with van der Waals surface area (Å²) in [5.74, 6) is 0.170. The number of H-pyrrole nitrogens is 1. The fraction of sp³-hybridized carbons (Fsp3) is 0. The molecule has 0 aliphatic carbocycles. The minimum atomic E-state index is -0.551. The number of nitrogens with one attached hydrogen (secondary N) is 1. The van der Waals surface area contributed by atoms with Crippen LogP contribution in [0, 0.1) is 10.1 Å². The van der Waals surface area contributed by atoms with Gasteiger partial charge < -0.3 is 10.5 Å². The maximum atomic E-state index is 10.8. The van der Waals surface area contributed by atoms with E-state index in [0.29, 0.717) is 11.0 Å². The van der Waals surface area contributed by atoms with Crippen molar-refractivity contribution in [2.75, 3.05) is 5.73 Å². The van der Waals surface area contributed by atoms with Crippen LogP contribution in [0.3, 0.4) is 0 Å². The van der Waals surface area contributed by atoms with E-state index in [1.165, 1.54) is 24.4 Å². The number of nitrogens with two attached hydrogens (primary N) is 1. The number of hydrogen-bond donors (Lipinski definition) is 2. The van der Waals surface area contributed by atoms with Gasteiger partial charge in [-0.3, -0.25) is 15.2 Å². The summed E-state index contributed by atoms with van der Waals surface area (Å²) in [5, 5.41) is 17.9. The summed E-state index contributed by atoms with van der Waals surface area (Å²) in [7, 11) is 0. The number of nitrogens with zero attached hydrogens (tertiary/aromatic N) is 4. The highest BCUT2D eigenvalue weighted by Crippen LogP contribution is 2.34. The minimum absolute atomic E-state index is 0.0247. The number of benzene rings is 1. The van der Waals surface area contributed by atoms with Gasteiger partial charge in [0.25, 0.3) is 5.69 Å². The monoisotopic (exact) mass is 306 g/mol. The van der Waals surface area contributed by atoms with Gasteiger partial charge in [-0.1, -0.05) is 11.6 Å². The second-order valence-corrected chi connectivity index (χ2v) is 4.40. The first-order chi connectivity index (χ1) is 10.0. The number of anilines is 1. The van der Waals surface area contributed by atoms with Gasteiger partial charge >= 0.3 is 0 Å². The second-order valence-electron chi connectivity index (χ2n) is 3.99. The van der Waals surface area contributed by atoms with Crippen molar-refractivity contribution >= 4 is 34.3 Å². The Balaban J connectivity index is 2.08. The molecular formula is C11H7ClN6O3. The maximum Gasteiger partial charge on any atom is 0.273 e. The average Bonchev–Trinajstić information content (AvgIpc) is 2.89. The predicted molar refractivity (Wildman–Crippen MR) is 74.3 cm³/mol. The number of aromatic nitrogens is 4. The first-order valence-corrected chi connectivity index (χ1v) is 6.01. The molecule has 0 atom stereocenters. The third kappa shape index (κ3) is 2.41. The molecule has 0 saturated heterocycles. The number of non-ortho nitro benzene ring substituents is 1. The van der Waals surface area contributed by atoms with E-state index in [1.54, 1.807) is 0 Å². The predicted octanol–water partition coefficient (Wildman–Crippen LogP) is 2.29. The summed E-state index contributed by atoms with van der Waals surface area (Å²) < 4.78 is 5.52. The van der Waals surface area contributed by atoms with Crippen molar-refractivity contribution in [2.45, 2.75) is 0 Å². The third-order valence-corrected chi connectivity index (χ3v) is 2.94. The van der Waals surface area contributed by atoms with E-state index in [4.69, 9.17) is 22.1 Å². The number of halogens is 1. The van der Waals surface area contributed by atoms with Gasteiger partial charge in [-0.15, -0.1) is 0 Å². The molecule has 3 aromatic rings. The molecule has 0 bridgehead atoms. The van der Waals surface area contributed by atoms with Gasteiger partial charge in [0.1, 0.15) is 5.39 Å². The molecule has 0 amide bonds. The fourth-order valence-electron chi connectivity index (χ4n) is 1.69. The zero-order chi connectivity index (χ0) is 15.0. The zero-order valence-electron chi connectivity index (χ0n) is 10.3. The van der Waals surface area contributed by atoms with E-state index in [9.17, 15) is 10.1 Å². The Labute approximate surface area is 121 Å². The highest BCUT2D eigenvalue weighted by Gasteiger charge is 2.15. The lowest BCUT2D eigenvalue weighted by molar-refractivity contribution is -0.384.